The summed E-state index contributed by atoms with van der Waals surface area (Å²) >= 11 is 5.70. The van der Waals surface area contributed by atoms with Crippen molar-refractivity contribution in [3.8, 4) is 11.3 Å². The van der Waals surface area contributed by atoms with Crippen LogP contribution in [0.4, 0.5) is 0 Å². The molecule has 0 aliphatic carbocycles. The van der Waals surface area contributed by atoms with E-state index in [1.165, 1.54) is 0 Å². The molecule has 1 heterocycles. The van der Waals surface area contributed by atoms with E-state index in [9.17, 15) is 0 Å². The van der Waals surface area contributed by atoms with Gasteiger partial charge in [0.25, 0.3) is 0 Å². The molecule has 0 amide bonds. The van der Waals surface area contributed by atoms with Gasteiger partial charge in [0, 0.05) is 19.8 Å². The standard InChI is InChI=1S/C11H7BrIN/c12-9-6-10(13)11(14-7-9)8-4-2-1-3-5-8/h1-7H. The van der Waals surface area contributed by atoms with Crippen molar-refractivity contribution in [1.82, 2.24) is 4.98 Å². The Kier molecular flexibility index (Phi) is 3.18. The van der Waals surface area contributed by atoms with Crippen LogP contribution in [0.2, 0.25) is 0 Å². The number of hydrogen-bond donors (Lipinski definition) is 0. The lowest BCUT2D eigenvalue weighted by Crippen LogP contribution is -1.87. The molecule has 3 heteroatoms. The van der Waals surface area contributed by atoms with E-state index in [0.717, 1.165) is 19.3 Å². The van der Waals surface area contributed by atoms with Crippen LogP contribution in [0.25, 0.3) is 11.3 Å². The smallest absolute Gasteiger partial charge is 0.0836 e. The lowest BCUT2D eigenvalue weighted by molar-refractivity contribution is 1.29. The maximum absolute atomic E-state index is 4.39. The molecule has 70 valence electrons. The molecule has 0 atom stereocenters. The van der Waals surface area contributed by atoms with Gasteiger partial charge in [-0.2, -0.15) is 0 Å². The van der Waals surface area contributed by atoms with E-state index >= 15 is 0 Å². The Labute approximate surface area is 105 Å². The molecule has 0 spiro atoms. The number of aromatic nitrogens is 1. The number of nitrogens with zero attached hydrogens (tertiary/aromatic N) is 1. The normalized spacial score (nSPS) is 10.1. The molecule has 14 heavy (non-hydrogen) atoms. The zero-order valence-electron chi connectivity index (χ0n) is 7.24. The fourth-order valence-corrected chi connectivity index (χ4v) is 2.77. The lowest BCUT2D eigenvalue weighted by Gasteiger charge is -2.03. The van der Waals surface area contributed by atoms with Crippen LogP contribution >= 0.6 is 38.5 Å². The fourth-order valence-electron chi connectivity index (χ4n) is 1.22. The highest BCUT2D eigenvalue weighted by Crippen LogP contribution is 2.24. The first kappa shape index (κ1) is 10.1. The fraction of sp³-hybridized carbons (Fsp3) is 0. The quantitative estimate of drug-likeness (QED) is 0.698. The molecule has 1 nitrogen and oxygen atoms in total. The Morgan fingerprint density at radius 1 is 1.14 bits per heavy atom. The Hall–Kier alpha value is -0.420. The van der Waals surface area contributed by atoms with Crippen molar-refractivity contribution in [1.29, 1.82) is 0 Å². The van der Waals surface area contributed by atoms with E-state index in [1.807, 2.05) is 24.4 Å². The van der Waals surface area contributed by atoms with E-state index in [2.05, 4.69) is 61.7 Å². The molecule has 2 rings (SSSR count). The van der Waals surface area contributed by atoms with Crippen molar-refractivity contribution in [3.63, 3.8) is 0 Å². The molecule has 2 aromatic rings. The van der Waals surface area contributed by atoms with Gasteiger partial charge in [-0.3, -0.25) is 4.98 Å². The molecule has 0 saturated carbocycles. The summed E-state index contributed by atoms with van der Waals surface area (Å²) in [6.07, 6.45) is 1.82. The van der Waals surface area contributed by atoms with Crippen LogP contribution < -0.4 is 0 Å². The summed E-state index contributed by atoms with van der Waals surface area (Å²) < 4.78 is 2.17. The highest BCUT2D eigenvalue weighted by atomic mass is 127. The van der Waals surface area contributed by atoms with E-state index in [4.69, 9.17) is 0 Å². The summed E-state index contributed by atoms with van der Waals surface area (Å²) in [7, 11) is 0. The highest BCUT2D eigenvalue weighted by molar-refractivity contribution is 14.1. The average molecular weight is 360 g/mol. The zero-order valence-corrected chi connectivity index (χ0v) is 11.0. The van der Waals surface area contributed by atoms with E-state index in [0.29, 0.717) is 0 Å². The minimum atomic E-state index is 1.02. The molecule has 0 unspecified atom stereocenters. The van der Waals surface area contributed by atoms with Crippen LogP contribution in [0.3, 0.4) is 0 Å². The first-order valence-electron chi connectivity index (χ1n) is 4.14. The molecule has 0 aliphatic rings. The Morgan fingerprint density at radius 2 is 1.86 bits per heavy atom. The number of hydrogen-bond acceptors (Lipinski definition) is 1. The predicted octanol–water partition coefficient (Wildman–Crippen LogP) is 4.12. The molecule has 0 saturated heterocycles. The molecule has 0 fully saturated rings. The number of pyridine rings is 1. The topological polar surface area (TPSA) is 12.9 Å². The van der Waals surface area contributed by atoms with Gasteiger partial charge < -0.3 is 0 Å². The minimum Gasteiger partial charge on any atom is -0.254 e. The molecular weight excluding hydrogens is 353 g/mol. The predicted molar refractivity (Wildman–Crippen MR) is 70.1 cm³/mol. The van der Waals surface area contributed by atoms with Crippen LogP contribution in [-0.4, -0.2) is 4.98 Å². The van der Waals surface area contributed by atoms with Crippen molar-refractivity contribution in [2.45, 2.75) is 0 Å². The third-order valence-corrected chi connectivity index (χ3v) is 3.11. The van der Waals surface area contributed by atoms with Gasteiger partial charge in [-0.15, -0.1) is 0 Å². The van der Waals surface area contributed by atoms with E-state index in [1.54, 1.807) is 0 Å². The van der Waals surface area contributed by atoms with Gasteiger partial charge in [-0.05, 0) is 44.6 Å². The van der Waals surface area contributed by atoms with Crippen molar-refractivity contribution < 1.29 is 0 Å². The summed E-state index contributed by atoms with van der Waals surface area (Å²) in [5.74, 6) is 0. The van der Waals surface area contributed by atoms with Crippen molar-refractivity contribution >= 4 is 38.5 Å². The maximum Gasteiger partial charge on any atom is 0.0836 e. The second-order valence-electron chi connectivity index (χ2n) is 2.85. The Balaban J connectivity index is 2.53. The third kappa shape index (κ3) is 2.15. The van der Waals surface area contributed by atoms with Gasteiger partial charge in [0.2, 0.25) is 0 Å². The largest absolute Gasteiger partial charge is 0.254 e. The van der Waals surface area contributed by atoms with Crippen LogP contribution in [0.15, 0.2) is 47.1 Å². The van der Waals surface area contributed by atoms with E-state index in [-0.39, 0.29) is 0 Å². The van der Waals surface area contributed by atoms with Crippen LogP contribution in [-0.2, 0) is 0 Å². The van der Waals surface area contributed by atoms with Crippen molar-refractivity contribution in [2.24, 2.45) is 0 Å². The van der Waals surface area contributed by atoms with Crippen molar-refractivity contribution in [2.75, 3.05) is 0 Å². The van der Waals surface area contributed by atoms with Gasteiger partial charge in [0.05, 0.1) is 5.69 Å². The van der Waals surface area contributed by atoms with E-state index < -0.39 is 0 Å². The molecule has 0 radical (unpaired) electrons. The number of benzene rings is 1. The monoisotopic (exact) mass is 359 g/mol. The first-order valence-corrected chi connectivity index (χ1v) is 6.01. The highest BCUT2D eigenvalue weighted by Gasteiger charge is 2.03. The van der Waals surface area contributed by atoms with Crippen LogP contribution in [0.1, 0.15) is 0 Å². The number of halogens is 2. The SMILES string of the molecule is Brc1cnc(-c2ccccc2)c(I)c1. The molecule has 0 bridgehead atoms. The summed E-state index contributed by atoms with van der Waals surface area (Å²) in [4.78, 5) is 4.39. The van der Waals surface area contributed by atoms with Crippen LogP contribution in [0.5, 0.6) is 0 Å². The Bertz CT molecular complexity index is 442. The maximum atomic E-state index is 4.39. The van der Waals surface area contributed by atoms with Gasteiger partial charge in [0.15, 0.2) is 0 Å². The molecule has 1 aromatic heterocycles. The molecule has 0 aliphatic heterocycles. The van der Waals surface area contributed by atoms with Gasteiger partial charge in [-0.1, -0.05) is 30.3 Å². The third-order valence-electron chi connectivity index (χ3n) is 1.86. The zero-order chi connectivity index (χ0) is 9.97. The summed E-state index contributed by atoms with van der Waals surface area (Å²) in [5.41, 5.74) is 2.19. The Morgan fingerprint density at radius 3 is 2.50 bits per heavy atom. The summed E-state index contributed by atoms with van der Waals surface area (Å²) in [6, 6.07) is 12.3. The molecule has 1 aromatic carbocycles. The van der Waals surface area contributed by atoms with Gasteiger partial charge in [0.1, 0.15) is 0 Å². The van der Waals surface area contributed by atoms with Gasteiger partial charge in [-0.25, -0.2) is 0 Å². The van der Waals surface area contributed by atoms with Crippen LogP contribution in [0, 0.1) is 3.57 Å². The first-order chi connectivity index (χ1) is 6.77. The second kappa shape index (κ2) is 4.40. The summed E-state index contributed by atoms with van der Waals surface area (Å²) in [5, 5.41) is 0. The molecule has 0 N–H and O–H groups in total. The average Bonchev–Trinajstić information content (AvgIpc) is 2.19. The number of rotatable bonds is 1. The van der Waals surface area contributed by atoms with Gasteiger partial charge >= 0.3 is 0 Å². The molecular formula is C11H7BrIN. The van der Waals surface area contributed by atoms with Crippen molar-refractivity contribution in [3.05, 3.63) is 50.6 Å². The minimum absolute atomic E-state index is 1.02. The second-order valence-corrected chi connectivity index (χ2v) is 4.93. The summed E-state index contributed by atoms with van der Waals surface area (Å²) in [6.45, 7) is 0. The lowest BCUT2D eigenvalue weighted by atomic mass is 10.1.